The van der Waals surface area contributed by atoms with Crippen molar-refractivity contribution in [2.45, 2.75) is 58.1 Å². The number of imide groups is 1. The van der Waals surface area contributed by atoms with E-state index in [0.717, 1.165) is 12.8 Å². The van der Waals surface area contributed by atoms with Gasteiger partial charge in [-0.25, -0.2) is 9.69 Å². The molecule has 5 heteroatoms. The van der Waals surface area contributed by atoms with Crippen LogP contribution < -0.4 is 0 Å². The molecule has 18 heavy (non-hydrogen) atoms. The average molecular weight is 253 g/mol. The van der Waals surface area contributed by atoms with Gasteiger partial charge in [-0.2, -0.15) is 0 Å². The zero-order valence-electron chi connectivity index (χ0n) is 11.1. The van der Waals surface area contributed by atoms with Crippen LogP contribution in [0.5, 0.6) is 0 Å². The highest BCUT2D eigenvalue weighted by atomic mass is 16.6. The van der Waals surface area contributed by atoms with Crippen molar-refractivity contribution < 1.29 is 19.1 Å². The standard InChI is InChI=1S/C13H19NO4/c1-13(2,3)18-12(17)14-9-6-4-5-8(9)10(15)7-11(14)16/h8-9H,4-7H2,1-3H3/t8-,9+/m0/s1. The molecule has 1 aliphatic carbocycles. The third kappa shape index (κ3) is 2.40. The molecule has 2 atom stereocenters. The lowest BCUT2D eigenvalue weighted by molar-refractivity contribution is -0.144. The normalized spacial score (nSPS) is 28.3. The summed E-state index contributed by atoms with van der Waals surface area (Å²) in [5, 5.41) is 0. The Hall–Kier alpha value is -1.39. The zero-order valence-corrected chi connectivity index (χ0v) is 11.1. The van der Waals surface area contributed by atoms with Crippen LogP contribution in [0.1, 0.15) is 46.5 Å². The number of fused-ring (bicyclic) bond motifs is 1. The molecule has 5 nitrogen and oxygen atoms in total. The maximum absolute atomic E-state index is 12.0. The van der Waals surface area contributed by atoms with Gasteiger partial charge >= 0.3 is 6.09 Å². The number of ether oxygens (including phenoxy) is 1. The minimum atomic E-state index is -0.632. The topological polar surface area (TPSA) is 63.7 Å². The van der Waals surface area contributed by atoms with E-state index in [1.807, 2.05) is 0 Å². The van der Waals surface area contributed by atoms with E-state index >= 15 is 0 Å². The predicted octanol–water partition coefficient (Wildman–Crippen LogP) is 1.89. The number of likely N-dealkylation sites (tertiary alicyclic amines) is 1. The van der Waals surface area contributed by atoms with Gasteiger partial charge in [0.25, 0.3) is 0 Å². The quantitative estimate of drug-likeness (QED) is 0.618. The summed E-state index contributed by atoms with van der Waals surface area (Å²) in [5.74, 6) is -0.616. The lowest BCUT2D eigenvalue weighted by Gasteiger charge is -2.35. The van der Waals surface area contributed by atoms with Crippen LogP contribution in [-0.4, -0.2) is 34.3 Å². The van der Waals surface area contributed by atoms with E-state index in [1.165, 1.54) is 4.90 Å². The van der Waals surface area contributed by atoms with Crippen LogP contribution >= 0.6 is 0 Å². The molecule has 2 amide bonds. The summed E-state index contributed by atoms with van der Waals surface area (Å²) in [5.41, 5.74) is -0.632. The number of rotatable bonds is 0. The minimum Gasteiger partial charge on any atom is -0.443 e. The molecule has 1 aliphatic heterocycles. The molecule has 2 fully saturated rings. The highest BCUT2D eigenvalue weighted by Gasteiger charge is 2.47. The molecular weight excluding hydrogens is 234 g/mol. The summed E-state index contributed by atoms with van der Waals surface area (Å²) in [7, 11) is 0. The van der Waals surface area contributed by atoms with Gasteiger partial charge in [-0.05, 0) is 33.6 Å². The number of ketones is 1. The van der Waals surface area contributed by atoms with E-state index in [0.29, 0.717) is 6.42 Å². The molecule has 1 heterocycles. The Morgan fingerprint density at radius 3 is 2.56 bits per heavy atom. The van der Waals surface area contributed by atoms with Gasteiger partial charge in [0.05, 0.1) is 12.5 Å². The number of hydrogen-bond donors (Lipinski definition) is 0. The molecular formula is C13H19NO4. The Bertz CT molecular complexity index is 396. The molecule has 0 aromatic heterocycles. The fourth-order valence-electron chi connectivity index (χ4n) is 2.72. The molecule has 0 spiro atoms. The van der Waals surface area contributed by atoms with E-state index in [1.54, 1.807) is 20.8 Å². The van der Waals surface area contributed by atoms with E-state index in [4.69, 9.17) is 4.74 Å². The molecule has 100 valence electrons. The fourth-order valence-corrected chi connectivity index (χ4v) is 2.72. The van der Waals surface area contributed by atoms with Crippen molar-refractivity contribution in [3.05, 3.63) is 0 Å². The average Bonchev–Trinajstić information content (AvgIpc) is 2.63. The van der Waals surface area contributed by atoms with Crippen LogP contribution in [0.4, 0.5) is 4.79 Å². The maximum atomic E-state index is 12.0. The Morgan fingerprint density at radius 2 is 1.94 bits per heavy atom. The van der Waals surface area contributed by atoms with Gasteiger partial charge in [0, 0.05) is 5.92 Å². The number of carbonyl (C=O) groups is 3. The fraction of sp³-hybridized carbons (Fsp3) is 0.769. The summed E-state index contributed by atoms with van der Waals surface area (Å²) in [6, 6.07) is -0.284. The highest BCUT2D eigenvalue weighted by Crippen LogP contribution is 2.36. The van der Waals surface area contributed by atoms with E-state index < -0.39 is 17.6 Å². The molecule has 0 radical (unpaired) electrons. The molecule has 2 rings (SSSR count). The first kappa shape index (κ1) is 13.1. The molecule has 1 saturated heterocycles. The lowest BCUT2D eigenvalue weighted by atomic mass is 9.90. The van der Waals surface area contributed by atoms with Crippen LogP contribution in [0.2, 0.25) is 0 Å². The van der Waals surface area contributed by atoms with Crippen LogP contribution in [0.15, 0.2) is 0 Å². The highest BCUT2D eigenvalue weighted by molar-refractivity contribution is 6.07. The smallest absolute Gasteiger partial charge is 0.417 e. The Kier molecular flexibility index (Phi) is 3.17. The number of Topliss-reactive ketones (excluding diaryl/α,β-unsaturated/α-hetero) is 1. The molecule has 0 unspecified atom stereocenters. The number of carbonyl (C=O) groups excluding carboxylic acids is 3. The van der Waals surface area contributed by atoms with Gasteiger partial charge in [-0.1, -0.05) is 6.42 Å². The van der Waals surface area contributed by atoms with Crippen molar-refractivity contribution in [1.29, 1.82) is 0 Å². The van der Waals surface area contributed by atoms with Gasteiger partial charge in [-0.15, -0.1) is 0 Å². The zero-order chi connectivity index (χ0) is 13.5. The van der Waals surface area contributed by atoms with Gasteiger partial charge in [0.1, 0.15) is 11.4 Å². The number of nitrogens with zero attached hydrogens (tertiary/aromatic N) is 1. The van der Waals surface area contributed by atoms with Crippen molar-refractivity contribution >= 4 is 17.8 Å². The number of hydrogen-bond acceptors (Lipinski definition) is 4. The Morgan fingerprint density at radius 1 is 1.28 bits per heavy atom. The Labute approximate surface area is 106 Å². The van der Waals surface area contributed by atoms with Crippen LogP contribution in [0.25, 0.3) is 0 Å². The Balaban J connectivity index is 2.18. The van der Waals surface area contributed by atoms with Crippen molar-refractivity contribution in [2.24, 2.45) is 5.92 Å². The number of amides is 2. The van der Waals surface area contributed by atoms with Crippen LogP contribution in [0.3, 0.4) is 0 Å². The summed E-state index contributed by atoms with van der Waals surface area (Å²) >= 11 is 0. The number of piperidine rings is 1. The van der Waals surface area contributed by atoms with Crippen molar-refractivity contribution in [3.63, 3.8) is 0 Å². The molecule has 0 aromatic carbocycles. The molecule has 0 N–H and O–H groups in total. The minimum absolute atomic E-state index is 0.0256. The third-order valence-electron chi connectivity index (χ3n) is 3.41. The second-order valence-electron chi connectivity index (χ2n) is 5.99. The van der Waals surface area contributed by atoms with E-state index in [-0.39, 0.29) is 24.2 Å². The summed E-state index contributed by atoms with van der Waals surface area (Å²) in [6.45, 7) is 5.28. The SMILES string of the molecule is CC(C)(C)OC(=O)N1C(=O)CC(=O)[C@H]2CCC[C@H]21. The van der Waals surface area contributed by atoms with Gasteiger partial charge in [0.15, 0.2) is 0 Å². The van der Waals surface area contributed by atoms with Crippen molar-refractivity contribution in [3.8, 4) is 0 Å². The lowest BCUT2D eigenvalue weighted by Crippen LogP contribution is -2.54. The second kappa shape index (κ2) is 4.37. The first-order valence-electron chi connectivity index (χ1n) is 6.37. The molecule has 2 aliphatic rings. The third-order valence-corrected chi connectivity index (χ3v) is 3.41. The van der Waals surface area contributed by atoms with Gasteiger partial charge in [0.2, 0.25) is 5.91 Å². The second-order valence-corrected chi connectivity index (χ2v) is 5.99. The van der Waals surface area contributed by atoms with E-state index in [9.17, 15) is 14.4 Å². The summed E-state index contributed by atoms with van der Waals surface area (Å²) in [4.78, 5) is 36.8. The monoisotopic (exact) mass is 253 g/mol. The maximum Gasteiger partial charge on any atom is 0.417 e. The molecule has 0 aromatic rings. The largest absolute Gasteiger partial charge is 0.443 e. The first-order valence-corrected chi connectivity index (χ1v) is 6.37. The summed E-state index contributed by atoms with van der Waals surface area (Å²) < 4.78 is 5.25. The van der Waals surface area contributed by atoms with E-state index in [2.05, 4.69) is 0 Å². The predicted molar refractivity (Wildman–Crippen MR) is 63.8 cm³/mol. The summed E-state index contributed by atoms with van der Waals surface area (Å²) in [6.07, 6.45) is 1.59. The first-order chi connectivity index (χ1) is 8.29. The molecule has 0 bridgehead atoms. The van der Waals surface area contributed by atoms with Crippen molar-refractivity contribution in [1.82, 2.24) is 4.90 Å². The molecule has 1 saturated carbocycles. The van der Waals surface area contributed by atoms with Crippen LogP contribution in [0, 0.1) is 5.92 Å². The van der Waals surface area contributed by atoms with Gasteiger partial charge in [-0.3, -0.25) is 9.59 Å². The van der Waals surface area contributed by atoms with Crippen LogP contribution in [-0.2, 0) is 14.3 Å². The van der Waals surface area contributed by atoms with Gasteiger partial charge < -0.3 is 4.74 Å². The van der Waals surface area contributed by atoms with Crippen molar-refractivity contribution in [2.75, 3.05) is 0 Å².